The minimum Gasteiger partial charge on any atom is -0.393 e. The molecule has 0 heterocycles. The van der Waals surface area contributed by atoms with E-state index in [0.717, 1.165) is 24.7 Å². The third kappa shape index (κ3) is 1.72. The highest BCUT2D eigenvalue weighted by molar-refractivity contribution is 4.76. The normalized spacial score (nSPS) is 41.7. The summed E-state index contributed by atoms with van der Waals surface area (Å²) < 4.78 is 0. The Morgan fingerprint density at radius 3 is 2.60 bits per heavy atom. The smallest absolute Gasteiger partial charge is 0.0543 e. The van der Waals surface area contributed by atoms with Crippen LogP contribution in [0.15, 0.2) is 0 Å². The van der Waals surface area contributed by atoms with Crippen LogP contribution in [-0.2, 0) is 0 Å². The van der Waals surface area contributed by atoms with Crippen LogP contribution in [0.2, 0.25) is 0 Å². The van der Waals surface area contributed by atoms with E-state index in [1.807, 2.05) is 0 Å². The van der Waals surface area contributed by atoms with Crippen molar-refractivity contribution in [2.24, 2.45) is 11.8 Å². The zero-order valence-corrected chi connectivity index (χ0v) is 7.01. The third-order valence-electron chi connectivity index (χ3n) is 2.86. The molecule has 1 N–H and O–H groups in total. The van der Waals surface area contributed by atoms with Crippen LogP contribution in [0, 0.1) is 11.8 Å². The molecule has 0 amide bonds. The van der Waals surface area contributed by atoms with E-state index in [4.69, 9.17) is 0 Å². The highest BCUT2D eigenvalue weighted by Crippen LogP contribution is 2.31. The number of aliphatic hydroxyl groups excluding tert-OH is 1. The fourth-order valence-electron chi connectivity index (χ4n) is 1.96. The number of hydrogen-bond acceptors (Lipinski definition) is 1. The van der Waals surface area contributed by atoms with Crippen molar-refractivity contribution in [3.05, 3.63) is 0 Å². The monoisotopic (exact) mass is 142 g/mol. The molecule has 0 aromatic rings. The summed E-state index contributed by atoms with van der Waals surface area (Å²) in [6.45, 7) is 4.53. The first-order chi connectivity index (χ1) is 4.74. The van der Waals surface area contributed by atoms with E-state index < -0.39 is 0 Å². The molecule has 60 valence electrons. The van der Waals surface area contributed by atoms with Gasteiger partial charge in [-0.3, -0.25) is 0 Å². The Hall–Kier alpha value is -0.0400. The summed E-state index contributed by atoms with van der Waals surface area (Å²) in [4.78, 5) is 0. The predicted octanol–water partition coefficient (Wildman–Crippen LogP) is 2.19. The summed E-state index contributed by atoms with van der Waals surface area (Å²) in [6.07, 6.45) is 4.52. The maximum Gasteiger partial charge on any atom is 0.0543 e. The number of hydrogen-bond donors (Lipinski definition) is 1. The first-order valence-electron chi connectivity index (χ1n) is 4.42. The standard InChI is InChI=1S/C9H18O/c1-3-8-6-9(10)5-4-7(8)2/h7-10H,3-6H2,1-2H3/t7?,8-,9+/m0/s1. The first-order valence-corrected chi connectivity index (χ1v) is 4.42. The Labute approximate surface area is 63.4 Å². The van der Waals surface area contributed by atoms with E-state index in [1.165, 1.54) is 12.8 Å². The topological polar surface area (TPSA) is 20.2 Å². The first kappa shape index (κ1) is 8.06. The van der Waals surface area contributed by atoms with Gasteiger partial charge in [0, 0.05) is 0 Å². The molecule has 1 aliphatic rings. The molecule has 0 spiro atoms. The molecule has 0 radical (unpaired) electrons. The van der Waals surface area contributed by atoms with Gasteiger partial charge in [0.05, 0.1) is 6.10 Å². The van der Waals surface area contributed by atoms with Gasteiger partial charge in [-0.15, -0.1) is 0 Å². The van der Waals surface area contributed by atoms with Gasteiger partial charge >= 0.3 is 0 Å². The van der Waals surface area contributed by atoms with E-state index in [0.29, 0.717) is 0 Å². The van der Waals surface area contributed by atoms with Gasteiger partial charge < -0.3 is 5.11 Å². The Morgan fingerprint density at radius 1 is 1.40 bits per heavy atom. The number of aliphatic hydroxyl groups is 1. The molecular formula is C9H18O. The lowest BCUT2D eigenvalue weighted by atomic mass is 9.78. The Bertz CT molecular complexity index is 101. The highest BCUT2D eigenvalue weighted by atomic mass is 16.3. The molecule has 0 aromatic heterocycles. The van der Waals surface area contributed by atoms with Crippen molar-refractivity contribution < 1.29 is 5.11 Å². The van der Waals surface area contributed by atoms with Crippen LogP contribution >= 0.6 is 0 Å². The molecule has 1 heteroatoms. The zero-order chi connectivity index (χ0) is 7.56. The van der Waals surface area contributed by atoms with Gasteiger partial charge in [0.2, 0.25) is 0 Å². The van der Waals surface area contributed by atoms with Crippen molar-refractivity contribution in [1.29, 1.82) is 0 Å². The summed E-state index contributed by atoms with van der Waals surface area (Å²) >= 11 is 0. The van der Waals surface area contributed by atoms with Gasteiger partial charge in [-0.05, 0) is 31.1 Å². The maximum atomic E-state index is 9.33. The van der Waals surface area contributed by atoms with Gasteiger partial charge in [-0.25, -0.2) is 0 Å². The van der Waals surface area contributed by atoms with Gasteiger partial charge in [0.15, 0.2) is 0 Å². The molecule has 1 nitrogen and oxygen atoms in total. The maximum absolute atomic E-state index is 9.33. The second-order valence-electron chi connectivity index (χ2n) is 3.61. The minimum absolute atomic E-state index is 0.00106. The molecule has 1 rings (SSSR count). The fraction of sp³-hybridized carbons (Fsp3) is 1.00. The zero-order valence-electron chi connectivity index (χ0n) is 7.01. The van der Waals surface area contributed by atoms with Crippen molar-refractivity contribution >= 4 is 0 Å². The van der Waals surface area contributed by atoms with Crippen LogP contribution in [0.4, 0.5) is 0 Å². The van der Waals surface area contributed by atoms with E-state index in [1.54, 1.807) is 0 Å². The molecule has 3 atom stereocenters. The van der Waals surface area contributed by atoms with Crippen molar-refractivity contribution in [3.8, 4) is 0 Å². The summed E-state index contributed by atoms with van der Waals surface area (Å²) in [6, 6.07) is 0. The molecule has 0 saturated heterocycles. The van der Waals surface area contributed by atoms with E-state index >= 15 is 0 Å². The number of rotatable bonds is 1. The highest BCUT2D eigenvalue weighted by Gasteiger charge is 2.24. The molecule has 1 unspecified atom stereocenters. The van der Waals surface area contributed by atoms with Crippen LogP contribution in [0.5, 0.6) is 0 Å². The molecule has 10 heavy (non-hydrogen) atoms. The third-order valence-corrected chi connectivity index (χ3v) is 2.86. The van der Waals surface area contributed by atoms with Crippen LogP contribution in [0.3, 0.4) is 0 Å². The lowest BCUT2D eigenvalue weighted by Gasteiger charge is -2.30. The van der Waals surface area contributed by atoms with Crippen molar-refractivity contribution in [1.82, 2.24) is 0 Å². The summed E-state index contributed by atoms with van der Waals surface area (Å²) in [5, 5.41) is 9.33. The van der Waals surface area contributed by atoms with Crippen LogP contribution in [0.25, 0.3) is 0 Å². The summed E-state index contributed by atoms with van der Waals surface area (Å²) in [5.74, 6) is 1.62. The van der Waals surface area contributed by atoms with Crippen LogP contribution in [-0.4, -0.2) is 11.2 Å². The largest absolute Gasteiger partial charge is 0.393 e. The van der Waals surface area contributed by atoms with Gasteiger partial charge in [-0.2, -0.15) is 0 Å². The molecule has 1 fully saturated rings. The lowest BCUT2D eigenvalue weighted by molar-refractivity contribution is 0.0726. The molecule has 0 aliphatic heterocycles. The van der Waals surface area contributed by atoms with Crippen molar-refractivity contribution in [2.45, 2.75) is 45.6 Å². The summed E-state index contributed by atoms with van der Waals surface area (Å²) in [5.41, 5.74) is 0. The predicted molar refractivity (Wildman–Crippen MR) is 42.8 cm³/mol. The average molecular weight is 142 g/mol. The quantitative estimate of drug-likeness (QED) is 0.595. The second-order valence-corrected chi connectivity index (χ2v) is 3.61. The van der Waals surface area contributed by atoms with Gasteiger partial charge in [-0.1, -0.05) is 20.3 Å². The fourth-order valence-corrected chi connectivity index (χ4v) is 1.96. The lowest BCUT2D eigenvalue weighted by Crippen LogP contribution is -2.25. The second kappa shape index (κ2) is 3.38. The summed E-state index contributed by atoms with van der Waals surface area (Å²) in [7, 11) is 0. The van der Waals surface area contributed by atoms with Crippen molar-refractivity contribution in [3.63, 3.8) is 0 Å². The van der Waals surface area contributed by atoms with Crippen molar-refractivity contribution in [2.75, 3.05) is 0 Å². The van der Waals surface area contributed by atoms with Crippen LogP contribution < -0.4 is 0 Å². The van der Waals surface area contributed by atoms with E-state index in [2.05, 4.69) is 13.8 Å². The molecule has 1 aliphatic carbocycles. The Kier molecular flexibility index (Phi) is 2.72. The van der Waals surface area contributed by atoms with E-state index in [9.17, 15) is 5.11 Å². The Morgan fingerprint density at radius 2 is 2.10 bits per heavy atom. The molecule has 0 aromatic carbocycles. The van der Waals surface area contributed by atoms with E-state index in [-0.39, 0.29) is 6.10 Å². The molecular weight excluding hydrogens is 124 g/mol. The average Bonchev–Trinajstić information content (AvgIpc) is 1.94. The van der Waals surface area contributed by atoms with Gasteiger partial charge in [0.25, 0.3) is 0 Å². The molecule has 1 saturated carbocycles. The Balaban J connectivity index is 2.38. The SMILES string of the molecule is CC[C@H]1C[C@H](O)CCC1C. The molecule has 0 bridgehead atoms. The minimum atomic E-state index is 0.00106. The van der Waals surface area contributed by atoms with Gasteiger partial charge in [0.1, 0.15) is 0 Å². The van der Waals surface area contributed by atoms with Crippen LogP contribution in [0.1, 0.15) is 39.5 Å².